The van der Waals surface area contributed by atoms with Crippen LogP contribution in [0.3, 0.4) is 0 Å². The summed E-state index contributed by atoms with van der Waals surface area (Å²) in [6, 6.07) is 0. The molecular formula is C22H36O8. The standard InChI is InChI=1S/C22H36O8/c1-6-7-17(13-18(27-5)10-15(2)8-9-23)28-20(25)12-16(24)11-19-14-21(26)30-22(3,4)29-19/h9,14-18,24H,6-8,10-13H2,1-5H3/t15-,16-,17-,18-/m1/s1. The van der Waals surface area contributed by atoms with Crippen LogP contribution in [0, 0.1) is 5.92 Å². The molecule has 0 aromatic rings. The van der Waals surface area contributed by atoms with Gasteiger partial charge in [-0.25, -0.2) is 4.79 Å². The summed E-state index contributed by atoms with van der Waals surface area (Å²) >= 11 is 0. The van der Waals surface area contributed by atoms with Gasteiger partial charge in [-0.05, 0) is 18.8 Å². The van der Waals surface area contributed by atoms with Crippen molar-refractivity contribution in [2.45, 2.75) is 96.7 Å². The van der Waals surface area contributed by atoms with Crippen LogP contribution in [0.2, 0.25) is 0 Å². The molecule has 0 unspecified atom stereocenters. The van der Waals surface area contributed by atoms with E-state index in [4.69, 9.17) is 18.9 Å². The molecule has 1 aliphatic heterocycles. The van der Waals surface area contributed by atoms with E-state index < -0.39 is 23.8 Å². The first-order valence-electron chi connectivity index (χ1n) is 10.5. The largest absolute Gasteiger partial charge is 0.462 e. The SMILES string of the molecule is CCC[C@H](C[C@@H](C[C@H](C)CC=O)OC)OC(=O)C[C@H](O)CC1=CC(=O)OC(C)(C)O1. The first-order valence-corrected chi connectivity index (χ1v) is 10.5. The van der Waals surface area contributed by atoms with Gasteiger partial charge in [0.15, 0.2) is 0 Å². The van der Waals surface area contributed by atoms with Gasteiger partial charge in [-0.3, -0.25) is 4.79 Å². The molecule has 8 heteroatoms. The quantitative estimate of drug-likeness (QED) is 0.332. The van der Waals surface area contributed by atoms with Crippen LogP contribution < -0.4 is 0 Å². The van der Waals surface area contributed by atoms with Gasteiger partial charge in [-0.1, -0.05) is 20.3 Å². The van der Waals surface area contributed by atoms with Crippen molar-refractivity contribution in [3.63, 3.8) is 0 Å². The summed E-state index contributed by atoms with van der Waals surface area (Å²) in [5, 5.41) is 10.2. The fourth-order valence-electron chi connectivity index (χ4n) is 3.44. The van der Waals surface area contributed by atoms with Gasteiger partial charge in [0.05, 0.1) is 24.7 Å². The van der Waals surface area contributed by atoms with Gasteiger partial charge in [0.2, 0.25) is 5.79 Å². The van der Waals surface area contributed by atoms with Crippen LogP contribution in [-0.2, 0) is 33.3 Å². The van der Waals surface area contributed by atoms with Crippen molar-refractivity contribution in [2.24, 2.45) is 5.92 Å². The van der Waals surface area contributed by atoms with Crippen LogP contribution in [0.4, 0.5) is 0 Å². The number of carbonyl (C=O) groups excluding carboxylic acids is 3. The molecule has 8 nitrogen and oxygen atoms in total. The number of aliphatic hydroxyl groups is 1. The highest BCUT2D eigenvalue weighted by Gasteiger charge is 2.31. The maximum atomic E-state index is 12.3. The van der Waals surface area contributed by atoms with Crippen LogP contribution in [-0.4, -0.2) is 54.5 Å². The molecule has 0 amide bonds. The summed E-state index contributed by atoms with van der Waals surface area (Å²) in [5.74, 6) is -1.72. The van der Waals surface area contributed by atoms with Crippen molar-refractivity contribution >= 4 is 18.2 Å². The number of hydrogen-bond acceptors (Lipinski definition) is 8. The molecule has 1 heterocycles. The smallest absolute Gasteiger partial charge is 0.337 e. The molecule has 0 aliphatic carbocycles. The van der Waals surface area contributed by atoms with E-state index in [0.29, 0.717) is 25.7 Å². The Morgan fingerprint density at radius 2 is 1.97 bits per heavy atom. The summed E-state index contributed by atoms with van der Waals surface area (Å²) in [4.78, 5) is 34.6. The fourth-order valence-corrected chi connectivity index (χ4v) is 3.44. The molecular weight excluding hydrogens is 392 g/mol. The van der Waals surface area contributed by atoms with Crippen LogP contribution in [0.1, 0.15) is 72.6 Å². The van der Waals surface area contributed by atoms with Crippen molar-refractivity contribution < 1.29 is 38.4 Å². The maximum absolute atomic E-state index is 12.3. The number of ether oxygens (including phenoxy) is 4. The molecule has 172 valence electrons. The van der Waals surface area contributed by atoms with Crippen LogP contribution in [0.25, 0.3) is 0 Å². The minimum Gasteiger partial charge on any atom is -0.462 e. The Morgan fingerprint density at radius 3 is 2.53 bits per heavy atom. The Labute approximate surface area is 178 Å². The third kappa shape index (κ3) is 10.2. The highest BCUT2D eigenvalue weighted by molar-refractivity contribution is 5.83. The monoisotopic (exact) mass is 428 g/mol. The summed E-state index contributed by atoms with van der Waals surface area (Å²) in [6.45, 7) is 7.17. The normalized spacial score (nSPS) is 19.5. The van der Waals surface area contributed by atoms with E-state index in [2.05, 4.69) is 0 Å². The van der Waals surface area contributed by atoms with Gasteiger partial charge in [-0.15, -0.1) is 0 Å². The van der Waals surface area contributed by atoms with E-state index in [1.54, 1.807) is 21.0 Å². The van der Waals surface area contributed by atoms with Crippen LogP contribution in [0.15, 0.2) is 11.8 Å². The number of methoxy groups -OCH3 is 1. The Kier molecular flexibility index (Phi) is 11.0. The molecule has 0 radical (unpaired) electrons. The second-order valence-corrected chi connectivity index (χ2v) is 8.33. The Bertz CT molecular complexity index is 598. The zero-order valence-electron chi connectivity index (χ0n) is 18.7. The average molecular weight is 429 g/mol. The minimum atomic E-state index is -1.11. The lowest BCUT2D eigenvalue weighted by molar-refractivity contribution is -0.206. The van der Waals surface area contributed by atoms with Crippen LogP contribution >= 0.6 is 0 Å². The van der Waals surface area contributed by atoms with E-state index in [1.807, 2.05) is 13.8 Å². The molecule has 0 fully saturated rings. The Balaban J connectivity index is 2.57. The Hall–Kier alpha value is -1.93. The molecule has 0 saturated carbocycles. The van der Waals surface area contributed by atoms with Gasteiger partial charge < -0.3 is 28.8 Å². The molecule has 1 N–H and O–H groups in total. The Morgan fingerprint density at radius 1 is 1.27 bits per heavy atom. The third-order valence-corrected chi connectivity index (χ3v) is 4.77. The van der Waals surface area contributed by atoms with E-state index in [-0.39, 0.29) is 36.7 Å². The predicted molar refractivity (Wildman–Crippen MR) is 109 cm³/mol. The van der Waals surface area contributed by atoms with Crippen molar-refractivity contribution in [1.82, 2.24) is 0 Å². The van der Waals surface area contributed by atoms with E-state index >= 15 is 0 Å². The topological polar surface area (TPSA) is 108 Å². The summed E-state index contributed by atoms with van der Waals surface area (Å²) in [5.41, 5.74) is 0. The lowest BCUT2D eigenvalue weighted by Gasteiger charge is -2.31. The fraction of sp³-hybridized carbons (Fsp3) is 0.773. The summed E-state index contributed by atoms with van der Waals surface area (Å²) in [7, 11) is 1.61. The minimum absolute atomic E-state index is 0.00990. The molecule has 4 atom stereocenters. The number of cyclic esters (lactones) is 1. The summed E-state index contributed by atoms with van der Waals surface area (Å²) in [6.07, 6.45) is 3.58. The molecule has 0 aromatic carbocycles. The summed E-state index contributed by atoms with van der Waals surface area (Å²) < 4.78 is 21.6. The van der Waals surface area contributed by atoms with Gasteiger partial charge >= 0.3 is 11.9 Å². The van der Waals surface area contributed by atoms with Gasteiger partial charge in [-0.2, -0.15) is 0 Å². The predicted octanol–water partition coefficient (Wildman–Crippen LogP) is 3.05. The van der Waals surface area contributed by atoms with Crippen molar-refractivity contribution in [1.29, 1.82) is 0 Å². The first kappa shape index (κ1) is 26.1. The van der Waals surface area contributed by atoms with Crippen molar-refractivity contribution in [3.8, 4) is 0 Å². The number of rotatable bonds is 14. The number of hydrogen-bond donors (Lipinski definition) is 1. The second-order valence-electron chi connectivity index (χ2n) is 8.33. The first-order chi connectivity index (χ1) is 14.1. The highest BCUT2D eigenvalue weighted by Crippen LogP contribution is 2.25. The molecule has 1 rings (SSSR count). The lowest BCUT2D eigenvalue weighted by atomic mass is 9.96. The second kappa shape index (κ2) is 12.7. The molecule has 0 bridgehead atoms. The lowest BCUT2D eigenvalue weighted by Crippen LogP contribution is -2.35. The van der Waals surface area contributed by atoms with Gasteiger partial charge in [0, 0.05) is 40.2 Å². The number of carbonyl (C=O) groups is 3. The number of aldehydes is 1. The van der Waals surface area contributed by atoms with Gasteiger partial charge in [0.1, 0.15) is 18.1 Å². The van der Waals surface area contributed by atoms with Crippen LogP contribution in [0.5, 0.6) is 0 Å². The van der Waals surface area contributed by atoms with E-state index in [9.17, 15) is 19.5 Å². The molecule has 1 aliphatic rings. The van der Waals surface area contributed by atoms with E-state index in [0.717, 1.165) is 12.7 Å². The third-order valence-electron chi connectivity index (χ3n) is 4.77. The molecule has 0 aromatic heterocycles. The number of esters is 2. The van der Waals surface area contributed by atoms with Crippen molar-refractivity contribution in [2.75, 3.05) is 7.11 Å². The zero-order valence-corrected chi connectivity index (χ0v) is 18.7. The maximum Gasteiger partial charge on any atom is 0.337 e. The molecule has 0 saturated heterocycles. The van der Waals surface area contributed by atoms with E-state index in [1.165, 1.54) is 6.08 Å². The molecule has 30 heavy (non-hydrogen) atoms. The van der Waals surface area contributed by atoms with Gasteiger partial charge in [0.25, 0.3) is 0 Å². The highest BCUT2D eigenvalue weighted by atomic mass is 16.7. The average Bonchev–Trinajstić information content (AvgIpc) is 2.59. The molecule has 0 spiro atoms. The number of aliphatic hydroxyl groups excluding tert-OH is 1. The zero-order chi connectivity index (χ0) is 22.7. The van der Waals surface area contributed by atoms with Crippen molar-refractivity contribution in [3.05, 3.63) is 11.8 Å².